The molecule has 21 heavy (non-hydrogen) atoms. The summed E-state index contributed by atoms with van der Waals surface area (Å²) in [6.45, 7) is 10.2. The number of alkyl carbamates (subject to hydrolysis) is 2. The average Bonchev–Trinajstić information content (AvgIpc) is 2.35. The maximum atomic E-state index is 11.6. The van der Waals surface area contributed by atoms with Crippen molar-refractivity contribution in [2.24, 2.45) is 5.73 Å². The zero-order valence-electron chi connectivity index (χ0n) is 13.6. The lowest BCUT2D eigenvalue weighted by Crippen LogP contribution is -2.61. The predicted octanol–water partition coefficient (Wildman–Crippen LogP) is 1.17. The lowest BCUT2D eigenvalue weighted by molar-refractivity contribution is -0.158. The number of nitrogens with zero attached hydrogens (tertiary/aromatic N) is 1. The van der Waals surface area contributed by atoms with E-state index in [2.05, 4.69) is 10.6 Å². The van der Waals surface area contributed by atoms with E-state index in [0.717, 1.165) is 6.42 Å². The van der Waals surface area contributed by atoms with E-state index in [-0.39, 0.29) is 0 Å². The molecule has 0 aromatic carbocycles. The highest BCUT2D eigenvalue weighted by atomic mass is 16.6. The van der Waals surface area contributed by atoms with E-state index in [1.165, 1.54) is 0 Å². The Bertz CT molecular complexity index is 336. The molecule has 0 aliphatic rings. The van der Waals surface area contributed by atoms with Gasteiger partial charge in [-0.25, -0.2) is 14.5 Å². The molecule has 0 aromatic rings. The number of ether oxygens (including phenoxy) is 2. The van der Waals surface area contributed by atoms with Crippen molar-refractivity contribution in [2.45, 2.75) is 53.1 Å². The zero-order valence-corrected chi connectivity index (χ0v) is 13.6. The van der Waals surface area contributed by atoms with Crippen LogP contribution in [0.1, 0.15) is 41.0 Å². The fourth-order valence-electron chi connectivity index (χ4n) is 1.84. The van der Waals surface area contributed by atoms with E-state index in [1.807, 2.05) is 6.92 Å². The van der Waals surface area contributed by atoms with Gasteiger partial charge in [-0.3, -0.25) is 5.73 Å². The van der Waals surface area contributed by atoms with Crippen molar-refractivity contribution in [3.8, 4) is 0 Å². The summed E-state index contributed by atoms with van der Waals surface area (Å²) in [5, 5.41) is 5.05. The van der Waals surface area contributed by atoms with Crippen LogP contribution in [0, 0.1) is 0 Å². The maximum absolute atomic E-state index is 11.6. The highest BCUT2D eigenvalue weighted by molar-refractivity contribution is 5.67. The number of hydrogen-bond acceptors (Lipinski definition) is 6. The van der Waals surface area contributed by atoms with Gasteiger partial charge in [0.2, 0.25) is 5.85 Å². The van der Waals surface area contributed by atoms with Crippen molar-refractivity contribution >= 4 is 12.2 Å². The van der Waals surface area contributed by atoms with Crippen molar-refractivity contribution in [3.05, 3.63) is 0 Å². The fourth-order valence-corrected chi connectivity index (χ4v) is 1.84. The molecule has 0 rings (SSSR count). The monoisotopic (exact) mass is 304 g/mol. The Hall–Kier alpha value is -1.54. The van der Waals surface area contributed by atoms with E-state index in [0.29, 0.717) is 19.6 Å². The molecule has 8 nitrogen and oxygen atoms in total. The number of hydrogen-bond donors (Lipinski definition) is 3. The topological polar surface area (TPSA) is 106 Å². The van der Waals surface area contributed by atoms with Gasteiger partial charge in [0.1, 0.15) is 0 Å². The normalized spacial score (nSPS) is 15.0. The molecule has 2 atom stereocenters. The Kier molecular flexibility index (Phi) is 8.72. The van der Waals surface area contributed by atoms with E-state index in [1.54, 1.807) is 32.6 Å². The Morgan fingerprint density at radius 1 is 1.19 bits per heavy atom. The Morgan fingerprint density at radius 3 is 2.19 bits per heavy atom. The van der Waals surface area contributed by atoms with Gasteiger partial charge in [0.25, 0.3) is 0 Å². The minimum atomic E-state index is -1.39. The first-order valence-corrected chi connectivity index (χ1v) is 7.25. The van der Waals surface area contributed by atoms with E-state index >= 15 is 0 Å². The molecule has 4 N–H and O–H groups in total. The summed E-state index contributed by atoms with van der Waals surface area (Å²) < 4.78 is 10.4. The highest BCUT2D eigenvalue weighted by Crippen LogP contribution is 2.16. The molecule has 0 aliphatic heterocycles. The number of amides is 2. The van der Waals surface area contributed by atoms with Crippen molar-refractivity contribution in [1.29, 1.82) is 0 Å². The highest BCUT2D eigenvalue weighted by Gasteiger charge is 2.36. The number of carbonyl (C=O) groups is 2. The van der Waals surface area contributed by atoms with Crippen LogP contribution in [0.3, 0.4) is 0 Å². The fraction of sp³-hybridized carbons (Fsp3) is 0.846. The van der Waals surface area contributed by atoms with Crippen LogP contribution in [0.15, 0.2) is 0 Å². The molecule has 2 unspecified atom stereocenters. The van der Waals surface area contributed by atoms with Gasteiger partial charge in [0.05, 0.1) is 0 Å². The van der Waals surface area contributed by atoms with Crippen LogP contribution in [0.4, 0.5) is 9.59 Å². The number of carbonyl (C=O) groups excluding carboxylic acids is 2. The molecule has 0 heterocycles. The molecule has 8 heteroatoms. The Morgan fingerprint density at radius 2 is 1.71 bits per heavy atom. The summed E-state index contributed by atoms with van der Waals surface area (Å²) in [5.41, 5.74) is 6.06. The molecule has 0 fully saturated rings. The number of nitrogens with two attached hydrogens (primary N) is 1. The summed E-state index contributed by atoms with van der Waals surface area (Å²) in [7, 11) is 0. The predicted molar refractivity (Wildman–Crippen MR) is 79.4 cm³/mol. The van der Waals surface area contributed by atoms with Gasteiger partial charge in [-0.05, 0) is 27.2 Å². The van der Waals surface area contributed by atoms with E-state index in [4.69, 9.17) is 15.2 Å². The summed E-state index contributed by atoms with van der Waals surface area (Å²) in [6.07, 6.45) is -1.04. The molecule has 0 saturated carbocycles. The molecule has 0 spiro atoms. The first-order valence-electron chi connectivity index (χ1n) is 7.25. The summed E-state index contributed by atoms with van der Waals surface area (Å²) in [5.74, 6) is -1.39. The van der Waals surface area contributed by atoms with Gasteiger partial charge < -0.3 is 20.1 Å². The van der Waals surface area contributed by atoms with Gasteiger partial charge in [0, 0.05) is 26.6 Å². The third-order valence-corrected chi connectivity index (χ3v) is 2.69. The van der Waals surface area contributed by atoms with Gasteiger partial charge in [-0.1, -0.05) is 6.92 Å². The molecule has 0 saturated heterocycles. The van der Waals surface area contributed by atoms with Crippen LogP contribution in [0.5, 0.6) is 0 Å². The summed E-state index contributed by atoms with van der Waals surface area (Å²) in [4.78, 5) is 24.7. The third-order valence-electron chi connectivity index (χ3n) is 2.69. The minimum absolute atomic E-state index is 0.438. The second kappa shape index (κ2) is 9.41. The van der Waals surface area contributed by atoms with Gasteiger partial charge in [-0.15, -0.1) is 0 Å². The lowest BCUT2D eigenvalue weighted by Gasteiger charge is -2.39. The van der Waals surface area contributed by atoms with Gasteiger partial charge in [-0.2, -0.15) is 0 Å². The van der Waals surface area contributed by atoms with Crippen LogP contribution >= 0.6 is 0 Å². The standard InChI is InChI=1S/C13H28N4O4/c1-6-9-17(10(4)20-11(18)15-7-2)13(5,14)21-12(19)16-8-3/h10H,6-9,14H2,1-5H3,(H,15,18)(H,16,19). The van der Waals surface area contributed by atoms with Gasteiger partial charge >= 0.3 is 12.2 Å². The average molecular weight is 304 g/mol. The molecule has 124 valence electrons. The molecule has 0 bridgehead atoms. The first-order chi connectivity index (χ1) is 9.78. The SMILES string of the molecule is CCCN(C(C)OC(=O)NCC)C(C)(N)OC(=O)NCC. The molecular formula is C13H28N4O4. The summed E-state index contributed by atoms with van der Waals surface area (Å²) in [6, 6.07) is 0. The van der Waals surface area contributed by atoms with Gasteiger partial charge in [0.15, 0.2) is 6.23 Å². The molecule has 0 aliphatic carbocycles. The Balaban J connectivity index is 4.83. The first kappa shape index (κ1) is 19.5. The lowest BCUT2D eigenvalue weighted by atomic mass is 10.3. The largest absolute Gasteiger partial charge is 0.430 e. The Labute approximate surface area is 126 Å². The molecule has 0 aromatic heterocycles. The van der Waals surface area contributed by atoms with Crippen molar-refractivity contribution in [3.63, 3.8) is 0 Å². The third kappa shape index (κ3) is 7.14. The quantitative estimate of drug-likeness (QED) is 0.581. The number of nitrogens with one attached hydrogen (secondary N) is 2. The van der Waals surface area contributed by atoms with Crippen LogP contribution in [-0.4, -0.2) is 48.8 Å². The minimum Gasteiger partial charge on any atom is -0.430 e. The van der Waals surface area contributed by atoms with Crippen LogP contribution in [-0.2, 0) is 9.47 Å². The second-order valence-electron chi connectivity index (χ2n) is 4.70. The van der Waals surface area contributed by atoms with Crippen LogP contribution in [0.2, 0.25) is 0 Å². The zero-order chi connectivity index (χ0) is 16.5. The second-order valence-corrected chi connectivity index (χ2v) is 4.70. The number of rotatable bonds is 8. The van der Waals surface area contributed by atoms with Crippen molar-refractivity contribution < 1.29 is 19.1 Å². The van der Waals surface area contributed by atoms with Crippen LogP contribution in [0.25, 0.3) is 0 Å². The molecular weight excluding hydrogens is 276 g/mol. The molecule has 0 radical (unpaired) electrons. The van der Waals surface area contributed by atoms with Crippen molar-refractivity contribution in [2.75, 3.05) is 19.6 Å². The van der Waals surface area contributed by atoms with E-state index in [9.17, 15) is 9.59 Å². The van der Waals surface area contributed by atoms with Crippen LogP contribution < -0.4 is 16.4 Å². The smallest absolute Gasteiger partial charge is 0.409 e. The summed E-state index contributed by atoms with van der Waals surface area (Å²) >= 11 is 0. The molecule has 2 amide bonds. The van der Waals surface area contributed by atoms with E-state index < -0.39 is 24.3 Å². The van der Waals surface area contributed by atoms with Crippen molar-refractivity contribution in [1.82, 2.24) is 15.5 Å². The maximum Gasteiger partial charge on any atom is 0.409 e.